The molecular formula is C21H19N3O5S2. The van der Waals surface area contributed by atoms with E-state index in [1.54, 1.807) is 11.4 Å². The first-order chi connectivity index (χ1) is 14.9. The highest BCUT2D eigenvalue weighted by atomic mass is 32.2. The minimum atomic E-state index is -4.06. The summed E-state index contributed by atoms with van der Waals surface area (Å²) < 4.78 is 28.0. The normalized spacial score (nSPS) is 12.4. The van der Waals surface area contributed by atoms with Gasteiger partial charge in [-0.25, -0.2) is 8.42 Å². The third-order valence-corrected chi connectivity index (χ3v) is 7.99. The van der Waals surface area contributed by atoms with Crippen molar-refractivity contribution in [3.8, 4) is 6.07 Å². The largest absolute Gasteiger partial charge is 0.395 e. The maximum absolute atomic E-state index is 13.4. The van der Waals surface area contributed by atoms with Crippen LogP contribution < -0.4 is 0 Å². The first kappa shape index (κ1) is 22.6. The van der Waals surface area contributed by atoms with Crippen molar-refractivity contribution < 1.29 is 18.4 Å². The molecule has 0 radical (unpaired) electrons. The lowest BCUT2D eigenvalue weighted by Crippen LogP contribution is -2.43. The number of nitrogens with zero attached hydrogens (tertiary/aromatic N) is 3. The molecule has 0 unspecified atom stereocenters. The van der Waals surface area contributed by atoms with E-state index in [2.05, 4.69) is 0 Å². The Morgan fingerprint density at radius 2 is 1.90 bits per heavy atom. The summed E-state index contributed by atoms with van der Waals surface area (Å²) in [5, 5.41) is 32.4. The van der Waals surface area contributed by atoms with Gasteiger partial charge < -0.3 is 5.11 Å². The monoisotopic (exact) mass is 457 g/mol. The molecule has 0 spiro atoms. The maximum atomic E-state index is 13.4. The van der Waals surface area contributed by atoms with Crippen LogP contribution >= 0.6 is 11.3 Å². The molecule has 0 aliphatic heterocycles. The Kier molecular flexibility index (Phi) is 7.14. The van der Waals surface area contributed by atoms with E-state index in [1.165, 1.54) is 24.3 Å². The number of hydrogen-bond acceptors (Lipinski definition) is 7. The van der Waals surface area contributed by atoms with Crippen LogP contribution in [0.2, 0.25) is 0 Å². The van der Waals surface area contributed by atoms with Gasteiger partial charge in [-0.15, -0.1) is 11.3 Å². The fourth-order valence-electron chi connectivity index (χ4n) is 3.21. The second-order valence-electron chi connectivity index (χ2n) is 6.72. The summed E-state index contributed by atoms with van der Waals surface area (Å²) in [6.45, 7) is -0.838. The Morgan fingerprint density at radius 3 is 2.48 bits per heavy atom. The number of sulfonamides is 1. The number of hydrogen-bond donors (Lipinski definition) is 1. The second-order valence-corrected chi connectivity index (χ2v) is 9.79. The molecule has 8 nitrogen and oxygen atoms in total. The summed E-state index contributed by atoms with van der Waals surface area (Å²) in [4.78, 5) is 10.9. The van der Waals surface area contributed by atoms with Crippen LogP contribution in [0.3, 0.4) is 0 Å². The van der Waals surface area contributed by atoms with Gasteiger partial charge in [0.1, 0.15) is 4.21 Å². The van der Waals surface area contributed by atoms with Crippen molar-refractivity contribution in [1.29, 1.82) is 5.26 Å². The van der Waals surface area contributed by atoms with Crippen molar-refractivity contribution >= 4 is 27.0 Å². The van der Waals surface area contributed by atoms with E-state index in [9.17, 15) is 28.9 Å². The second kappa shape index (κ2) is 9.80. The van der Waals surface area contributed by atoms with Crippen molar-refractivity contribution in [3.63, 3.8) is 0 Å². The number of rotatable bonds is 9. The molecule has 0 saturated carbocycles. The topological polar surface area (TPSA) is 125 Å². The number of nitriles is 1. The average molecular weight is 458 g/mol. The molecule has 0 aliphatic rings. The highest BCUT2D eigenvalue weighted by Crippen LogP contribution is 2.29. The molecule has 31 heavy (non-hydrogen) atoms. The van der Waals surface area contributed by atoms with E-state index < -0.39 is 27.6 Å². The first-order valence-corrected chi connectivity index (χ1v) is 11.6. The fraction of sp³-hybridized carbons (Fsp3) is 0.190. The van der Waals surface area contributed by atoms with E-state index >= 15 is 0 Å². The van der Waals surface area contributed by atoms with Crippen molar-refractivity contribution in [2.24, 2.45) is 0 Å². The van der Waals surface area contributed by atoms with Crippen LogP contribution in [0, 0.1) is 21.4 Å². The van der Waals surface area contributed by atoms with Crippen molar-refractivity contribution in [2.45, 2.75) is 23.2 Å². The summed E-state index contributed by atoms with van der Waals surface area (Å²) in [5.41, 5.74) is 0.781. The lowest BCUT2D eigenvalue weighted by molar-refractivity contribution is -0.385. The number of benzene rings is 2. The third kappa shape index (κ3) is 5.15. The molecule has 10 heteroatoms. The minimum Gasteiger partial charge on any atom is -0.395 e. The standard InChI is InChI=1S/C21H19N3O5S2/c22-13-17-8-9-20(24(26)27)18(11-17)14-23(31(28,29)21-7-4-10-30-21)19(15-25)12-16-5-2-1-3-6-16/h1-11,19,25H,12,14-15H2/t19-/m0/s1. The zero-order valence-electron chi connectivity index (χ0n) is 16.3. The summed E-state index contributed by atoms with van der Waals surface area (Å²) in [6.07, 6.45) is 0.216. The summed E-state index contributed by atoms with van der Waals surface area (Å²) >= 11 is 1.02. The highest BCUT2D eigenvalue weighted by molar-refractivity contribution is 7.91. The van der Waals surface area contributed by atoms with Crippen LogP contribution in [0.4, 0.5) is 5.69 Å². The molecule has 3 rings (SSSR count). The lowest BCUT2D eigenvalue weighted by Gasteiger charge is -2.29. The number of nitro groups is 1. The molecule has 2 aromatic carbocycles. The highest BCUT2D eigenvalue weighted by Gasteiger charge is 2.34. The molecule has 0 fully saturated rings. The predicted octanol–water partition coefficient (Wildman–Crippen LogP) is 3.32. The van der Waals surface area contributed by atoms with Crippen molar-refractivity contribution in [1.82, 2.24) is 4.31 Å². The molecule has 1 aromatic heterocycles. The molecule has 0 saturated heterocycles. The minimum absolute atomic E-state index is 0.0677. The lowest BCUT2D eigenvalue weighted by atomic mass is 10.1. The molecule has 0 bridgehead atoms. The summed E-state index contributed by atoms with van der Waals surface area (Å²) in [7, 11) is -4.06. The molecular weight excluding hydrogens is 438 g/mol. The van der Waals surface area contributed by atoms with E-state index in [0.717, 1.165) is 21.2 Å². The van der Waals surface area contributed by atoms with Gasteiger partial charge in [0.25, 0.3) is 15.7 Å². The predicted molar refractivity (Wildman–Crippen MR) is 116 cm³/mol. The van der Waals surface area contributed by atoms with Crippen LogP contribution in [0.5, 0.6) is 0 Å². The van der Waals surface area contributed by atoms with E-state index in [-0.39, 0.29) is 34.0 Å². The van der Waals surface area contributed by atoms with Gasteiger partial charge in [-0.1, -0.05) is 36.4 Å². The fourth-order valence-corrected chi connectivity index (χ4v) is 5.92. The van der Waals surface area contributed by atoms with E-state index in [4.69, 9.17) is 0 Å². The molecule has 0 aliphatic carbocycles. The molecule has 0 amide bonds. The Hall–Kier alpha value is -3.10. The van der Waals surface area contributed by atoms with Crippen LogP contribution in [0.1, 0.15) is 16.7 Å². The van der Waals surface area contributed by atoms with E-state index in [0.29, 0.717) is 0 Å². The summed E-state index contributed by atoms with van der Waals surface area (Å²) in [6, 6.07) is 17.0. The molecule has 1 N–H and O–H groups in total. The number of aliphatic hydroxyl groups is 1. The van der Waals surface area contributed by atoms with Crippen LogP contribution in [-0.2, 0) is 23.0 Å². The SMILES string of the molecule is N#Cc1ccc([N+](=O)[O-])c(CN([C@H](CO)Cc2ccccc2)S(=O)(=O)c2cccs2)c1. The first-order valence-electron chi connectivity index (χ1n) is 9.24. The van der Waals surface area contributed by atoms with Gasteiger partial charge in [0.05, 0.1) is 29.2 Å². The average Bonchev–Trinajstić information content (AvgIpc) is 3.32. The Balaban J connectivity index is 2.09. The number of thiophene rings is 1. The van der Waals surface area contributed by atoms with Crippen LogP contribution in [0.25, 0.3) is 0 Å². The summed E-state index contributed by atoms with van der Waals surface area (Å²) in [5.74, 6) is 0. The van der Waals surface area contributed by atoms with Gasteiger partial charge in [-0.2, -0.15) is 9.57 Å². The van der Waals surface area contributed by atoms with Crippen LogP contribution in [0.15, 0.2) is 70.3 Å². The maximum Gasteiger partial charge on any atom is 0.274 e. The van der Waals surface area contributed by atoms with Gasteiger partial charge in [0.15, 0.2) is 0 Å². The number of nitro benzene ring substituents is 1. The van der Waals surface area contributed by atoms with E-state index in [1.807, 2.05) is 36.4 Å². The zero-order valence-corrected chi connectivity index (χ0v) is 17.9. The van der Waals surface area contributed by atoms with Gasteiger partial charge in [0.2, 0.25) is 0 Å². The molecule has 160 valence electrons. The quantitative estimate of drug-likeness (QED) is 0.388. The van der Waals surface area contributed by atoms with Gasteiger partial charge >= 0.3 is 0 Å². The molecule has 1 heterocycles. The molecule has 3 aromatic rings. The number of aliphatic hydroxyl groups excluding tert-OH is 1. The van der Waals surface area contributed by atoms with Gasteiger partial charge in [-0.05, 0) is 35.6 Å². The Labute approximate surface area is 183 Å². The molecule has 1 atom stereocenters. The smallest absolute Gasteiger partial charge is 0.274 e. The van der Waals surface area contributed by atoms with Gasteiger partial charge in [0, 0.05) is 18.2 Å². The Bertz CT molecular complexity index is 1190. The van der Waals surface area contributed by atoms with Crippen LogP contribution in [-0.4, -0.2) is 35.4 Å². The van der Waals surface area contributed by atoms with Crippen molar-refractivity contribution in [2.75, 3.05) is 6.61 Å². The zero-order chi connectivity index (χ0) is 22.4. The third-order valence-electron chi connectivity index (χ3n) is 4.72. The Morgan fingerprint density at radius 1 is 1.16 bits per heavy atom. The van der Waals surface area contributed by atoms with Gasteiger partial charge in [-0.3, -0.25) is 10.1 Å². The van der Waals surface area contributed by atoms with Crippen molar-refractivity contribution in [3.05, 3.63) is 92.8 Å².